The summed E-state index contributed by atoms with van der Waals surface area (Å²) in [5.41, 5.74) is 1.19. The van der Waals surface area contributed by atoms with E-state index in [4.69, 9.17) is 4.74 Å². The van der Waals surface area contributed by atoms with Crippen molar-refractivity contribution in [2.75, 3.05) is 13.1 Å². The number of benzene rings is 1. The van der Waals surface area contributed by atoms with Crippen molar-refractivity contribution < 1.29 is 4.74 Å². The number of aromatic nitrogens is 4. The van der Waals surface area contributed by atoms with E-state index < -0.39 is 0 Å². The largest absolute Gasteiger partial charge is 0.486 e. The number of nitrogens with zero attached hydrogens (tertiary/aromatic N) is 5. The molecule has 0 unspecified atom stereocenters. The second-order valence-corrected chi connectivity index (χ2v) is 7.29. The molecule has 2 aromatic heterocycles. The molecule has 0 aliphatic carbocycles. The highest BCUT2D eigenvalue weighted by Gasteiger charge is 2.17. The van der Waals surface area contributed by atoms with Crippen LogP contribution < -0.4 is 4.74 Å². The van der Waals surface area contributed by atoms with Crippen LogP contribution in [0.25, 0.3) is 4.96 Å². The Hall–Kier alpha value is -1.99. The van der Waals surface area contributed by atoms with Gasteiger partial charge in [-0.05, 0) is 50.6 Å². The zero-order valence-electron chi connectivity index (χ0n) is 13.8. The molecule has 0 saturated carbocycles. The van der Waals surface area contributed by atoms with Crippen molar-refractivity contribution in [1.29, 1.82) is 0 Å². The third kappa shape index (κ3) is 3.42. The summed E-state index contributed by atoms with van der Waals surface area (Å²) in [6, 6.07) is 8.06. The molecule has 0 N–H and O–H groups in total. The van der Waals surface area contributed by atoms with Crippen LogP contribution >= 0.6 is 11.3 Å². The topological polar surface area (TPSA) is 55.6 Å². The molecule has 0 atom stereocenters. The number of aryl methyl sites for hydroxylation is 1. The number of fused-ring (bicyclic) bond motifs is 1. The predicted molar refractivity (Wildman–Crippen MR) is 93.3 cm³/mol. The van der Waals surface area contributed by atoms with Crippen molar-refractivity contribution in [2.24, 2.45) is 0 Å². The van der Waals surface area contributed by atoms with Crippen LogP contribution in [-0.2, 0) is 13.2 Å². The fraction of sp³-hybridized carbons (Fsp3) is 0.471. The normalized spacial score (nSPS) is 15.9. The molecule has 126 valence electrons. The molecule has 6 nitrogen and oxygen atoms in total. The quantitative estimate of drug-likeness (QED) is 0.713. The molecular weight excluding hydrogens is 322 g/mol. The Labute approximate surface area is 145 Å². The van der Waals surface area contributed by atoms with Gasteiger partial charge in [0, 0.05) is 0 Å². The standard InChI is InChI=1S/C17H21N5OS/c1-13-6-5-7-14(10-13)23-12-16-20-22-15(18-19-17(22)24-16)11-21-8-3-2-4-9-21/h5-7,10H,2-4,8-9,11-12H2,1H3. The minimum atomic E-state index is 0.459. The second-order valence-electron chi connectivity index (χ2n) is 6.25. The molecule has 0 radical (unpaired) electrons. The average Bonchev–Trinajstić information content (AvgIpc) is 3.16. The Kier molecular flexibility index (Phi) is 4.44. The van der Waals surface area contributed by atoms with Crippen LogP contribution in [0.2, 0.25) is 0 Å². The van der Waals surface area contributed by atoms with Gasteiger partial charge >= 0.3 is 0 Å². The lowest BCUT2D eigenvalue weighted by molar-refractivity contribution is 0.214. The molecule has 3 aromatic rings. The molecule has 0 bridgehead atoms. The van der Waals surface area contributed by atoms with E-state index in [0.29, 0.717) is 6.61 Å². The number of ether oxygens (including phenoxy) is 1. The molecule has 1 fully saturated rings. The van der Waals surface area contributed by atoms with Crippen LogP contribution in [0.15, 0.2) is 24.3 Å². The maximum absolute atomic E-state index is 5.84. The minimum Gasteiger partial charge on any atom is -0.486 e. The zero-order valence-corrected chi connectivity index (χ0v) is 14.6. The van der Waals surface area contributed by atoms with Gasteiger partial charge in [0.05, 0.1) is 6.54 Å². The maximum atomic E-state index is 5.84. The monoisotopic (exact) mass is 343 g/mol. The summed E-state index contributed by atoms with van der Waals surface area (Å²) < 4.78 is 7.71. The van der Waals surface area contributed by atoms with Gasteiger partial charge in [-0.25, -0.2) is 0 Å². The Morgan fingerprint density at radius 2 is 2.04 bits per heavy atom. The smallest absolute Gasteiger partial charge is 0.234 e. The molecule has 24 heavy (non-hydrogen) atoms. The Bertz CT molecular complexity index is 821. The van der Waals surface area contributed by atoms with Gasteiger partial charge < -0.3 is 4.74 Å². The van der Waals surface area contributed by atoms with E-state index in [1.165, 1.54) is 36.2 Å². The van der Waals surface area contributed by atoms with Crippen LogP contribution in [-0.4, -0.2) is 37.8 Å². The Balaban J connectivity index is 1.45. The van der Waals surface area contributed by atoms with E-state index in [0.717, 1.165) is 41.2 Å². The summed E-state index contributed by atoms with van der Waals surface area (Å²) in [6.45, 7) is 5.62. The van der Waals surface area contributed by atoms with E-state index >= 15 is 0 Å². The predicted octanol–water partition coefficient (Wildman–Crippen LogP) is 3.06. The van der Waals surface area contributed by atoms with Gasteiger partial charge in [0.1, 0.15) is 12.4 Å². The van der Waals surface area contributed by atoms with Crippen LogP contribution in [0, 0.1) is 6.92 Å². The fourth-order valence-corrected chi connectivity index (χ4v) is 3.79. The van der Waals surface area contributed by atoms with Crippen molar-refractivity contribution in [3.63, 3.8) is 0 Å². The van der Waals surface area contributed by atoms with Gasteiger partial charge in [-0.2, -0.15) is 9.61 Å². The molecule has 0 amide bonds. The van der Waals surface area contributed by atoms with Crippen molar-refractivity contribution in [3.05, 3.63) is 40.7 Å². The first kappa shape index (κ1) is 15.5. The molecule has 7 heteroatoms. The molecule has 1 aliphatic heterocycles. The summed E-state index contributed by atoms with van der Waals surface area (Å²) in [4.78, 5) is 3.27. The Morgan fingerprint density at radius 3 is 2.88 bits per heavy atom. The minimum absolute atomic E-state index is 0.459. The van der Waals surface area contributed by atoms with E-state index in [1.807, 2.05) is 22.7 Å². The lowest BCUT2D eigenvalue weighted by atomic mass is 10.1. The number of hydrogen-bond donors (Lipinski definition) is 0. The van der Waals surface area contributed by atoms with Crippen LogP contribution in [0.3, 0.4) is 0 Å². The van der Waals surface area contributed by atoms with Crippen molar-refractivity contribution in [3.8, 4) is 5.75 Å². The molecular formula is C17H21N5OS. The van der Waals surface area contributed by atoms with Gasteiger partial charge in [0.2, 0.25) is 4.96 Å². The first-order chi connectivity index (χ1) is 11.8. The zero-order chi connectivity index (χ0) is 16.4. The summed E-state index contributed by atoms with van der Waals surface area (Å²) in [6.07, 6.45) is 3.88. The van der Waals surface area contributed by atoms with Gasteiger partial charge in [-0.15, -0.1) is 10.2 Å². The van der Waals surface area contributed by atoms with Gasteiger partial charge in [-0.3, -0.25) is 4.90 Å². The summed E-state index contributed by atoms with van der Waals surface area (Å²) in [7, 11) is 0. The van der Waals surface area contributed by atoms with E-state index in [9.17, 15) is 0 Å². The lowest BCUT2D eigenvalue weighted by Gasteiger charge is -2.25. The summed E-state index contributed by atoms with van der Waals surface area (Å²) in [5, 5.41) is 14.1. The van der Waals surface area contributed by atoms with E-state index in [1.54, 1.807) is 0 Å². The van der Waals surface area contributed by atoms with E-state index in [-0.39, 0.29) is 0 Å². The molecule has 1 aromatic carbocycles. The Morgan fingerprint density at radius 1 is 1.17 bits per heavy atom. The van der Waals surface area contributed by atoms with Crippen molar-refractivity contribution in [1.82, 2.24) is 24.7 Å². The van der Waals surface area contributed by atoms with Crippen LogP contribution in [0.1, 0.15) is 35.7 Å². The third-order valence-electron chi connectivity index (χ3n) is 4.26. The SMILES string of the molecule is Cc1cccc(OCc2nn3c(CN4CCCCC4)nnc3s2)c1. The highest BCUT2D eigenvalue weighted by molar-refractivity contribution is 7.16. The summed E-state index contributed by atoms with van der Waals surface area (Å²) in [5.74, 6) is 1.79. The van der Waals surface area contributed by atoms with Crippen LogP contribution in [0.4, 0.5) is 0 Å². The second kappa shape index (κ2) is 6.86. The van der Waals surface area contributed by atoms with Crippen molar-refractivity contribution in [2.45, 2.75) is 39.3 Å². The van der Waals surface area contributed by atoms with Crippen LogP contribution in [0.5, 0.6) is 5.75 Å². The lowest BCUT2D eigenvalue weighted by Crippen LogP contribution is -2.30. The first-order valence-electron chi connectivity index (χ1n) is 8.40. The molecule has 3 heterocycles. The number of piperidine rings is 1. The summed E-state index contributed by atoms with van der Waals surface area (Å²) >= 11 is 1.54. The first-order valence-corrected chi connectivity index (χ1v) is 9.21. The number of rotatable bonds is 5. The maximum Gasteiger partial charge on any atom is 0.234 e. The molecule has 0 spiro atoms. The average molecular weight is 343 g/mol. The van der Waals surface area contributed by atoms with Gasteiger partial charge in [0.15, 0.2) is 10.8 Å². The number of hydrogen-bond acceptors (Lipinski definition) is 6. The number of likely N-dealkylation sites (tertiary alicyclic amines) is 1. The highest BCUT2D eigenvalue weighted by Crippen LogP contribution is 2.19. The van der Waals surface area contributed by atoms with E-state index in [2.05, 4.69) is 33.2 Å². The third-order valence-corrected chi connectivity index (χ3v) is 5.14. The highest BCUT2D eigenvalue weighted by atomic mass is 32.1. The van der Waals surface area contributed by atoms with Crippen molar-refractivity contribution >= 4 is 16.3 Å². The fourth-order valence-electron chi connectivity index (χ4n) is 3.02. The molecule has 4 rings (SSSR count). The van der Waals surface area contributed by atoms with Gasteiger partial charge in [0.25, 0.3) is 0 Å². The van der Waals surface area contributed by atoms with Gasteiger partial charge in [-0.1, -0.05) is 29.9 Å². The molecule has 1 saturated heterocycles. The molecule has 1 aliphatic rings.